The number of likely N-dealkylation sites (tertiary alicyclic amines) is 1. The monoisotopic (exact) mass is 302 g/mol. The average molecular weight is 302 g/mol. The lowest BCUT2D eigenvalue weighted by atomic mass is 10.1. The molecule has 5 heteroatoms. The molecule has 1 aromatic carbocycles. The molecule has 3 amide bonds. The summed E-state index contributed by atoms with van der Waals surface area (Å²) in [5.74, 6) is -0.693. The zero-order valence-electron chi connectivity index (χ0n) is 12.9. The van der Waals surface area contributed by atoms with E-state index in [-0.39, 0.29) is 30.6 Å². The molecule has 1 saturated heterocycles. The van der Waals surface area contributed by atoms with E-state index in [1.165, 1.54) is 4.90 Å². The maximum Gasteiger partial charge on any atom is 0.252 e. The quantitative estimate of drug-likeness (QED) is 0.615. The third-order valence-electron chi connectivity index (χ3n) is 3.77. The average Bonchev–Trinajstić information content (AvgIpc) is 2.75. The van der Waals surface area contributed by atoms with E-state index in [9.17, 15) is 14.4 Å². The van der Waals surface area contributed by atoms with E-state index in [0.29, 0.717) is 6.54 Å². The highest BCUT2D eigenvalue weighted by atomic mass is 16.2. The number of carbonyl (C=O) groups excluding carboxylic acids is 3. The number of benzene rings is 1. The number of hydrogen-bond donors (Lipinski definition) is 1. The van der Waals surface area contributed by atoms with Gasteiger partial charge in [0.1, 0.15) is 6.04 Å². The van der Waals surface area contributed by atoms with Gasteiger partial charge in [0.25, 0.3) is 5.91 Å². The molecule has 2 rings (SSSR count). The Labute approximate surface area is 130 Å². The fraction of sp³-hybridized carbons (Fsp3) is 0.471. The number of nitrogens with one attached hydrogen (secondary N) is 1. The third kappa shape index (κ3) is 4.16. The molecule has 0 spiro atoms. The molecule has 118 valence electrons. The van der Waals surface area contributed by atoms with Crippen molar-refractivity contribution in [2.24, 2.45) is 0 Å². The highest BCUT2D eigenvalue weighted by molar-refractivity contribution is 6.06. The highest BCUT2D eigenvalue weighted by Crippen LogP contribution is 2.14. The Bertz CT molecular complexity index is 542. The second-order valence-electron chi connectivity index (χ2n) is 5.58. The topological polar surface area (TPSA) is 66.5 Å². The molecule has 0 bridgehead atoms. The SMILES string of the molecule is CCCCCN1C(=O)C[C@H](NC(=O)Cc2ccccc2)C1=O. The number of amides is 3. The number of carbonyl (C=O) groups is 3. The third-order valence-corrected chi connectivity index (χ3v) is 3.77. The van der Waals surface area contributed by atoms with Gasteiger partial charge >= 0.3 is 0 Å². The van der Waals surface area contributed by atoms with Crippen LogP contribution >= 0.6 is 0 Å². The molecule has 1 aliphatic heterocycles. The number of rotatable bonds is 7. The molecule has 0 radical (unpaired) electrons. The van der Waals surface area contributed by atoms with Gasteiger partial charge in [-0.1, -0.05) is 50.1 Å². The molecule has 22 heavy (non-hydrogen) atoms. The van der Waals surface area contributed by atoms with Gasteiger partial charge in [0.2, 0.25) is 11.8 Å². The minimum atomic E-state index is -0.703. The van der Waals surface area contributed by atoms with Gasteiger partial charge in [-0.05, 0) is 12.0 Å². The first-order valence-corrected chi connectivity index (χ1v) is 7.79. The van der Waals surface area contributed by atoms with Crippen LogP contribution in [0.5, 0.6) is 0 Å². The van der Waals surface area contributed by atoms with Crippen molar-refractivity contribution in [2.45, 2.75) is 45.1 Å². The van der Waals surface area contributed by atoms with Gasteiger partial charge in [0, 0.05) is 6.54 Å². The summed E-state index contributed by atoms with van der Waals surface area (Å²) in [5.41, 5.74) is 0.886. The van der Waals surface area contributed by atoms with E-state index in [0.717, 1.165) is 24.8 Å². The molecule has 1 heterocycles. The fourth-order valence-corrected chi connectivity index (χ4v) is 2.58. The first-order chi connectivity index (χ1) is 10.6. The Hall–Kier alpha value is -2.17. The van der Waals surface area contributed by atoms with Crippen molar-refractivity contribution >= 4 is 17.7 Å². The number of unbranched alkanes of at least 4 members (excludes halogenated alkanes) is 2. The summed E-state index contributed by atoms with van der Waals surface area (Å²) in [5, 5.41) is 2.68. The lowest BCUT2D eigenvalue weighted by Gasteiger charge is -2.15. The summed E-state index contributed by atoms with van der Waals surface area (Å²) >= 11 is 0. The van der Waals surface area contributed by atoms with E-state index in [4.69, 9.17) is 0 Å². The Morgan fingerprint density at radius 3 is 2.64 bits per heavy atom. The van der Waals surface area contributed by atoms with Crippen molar-refractivity contribution in [3.05, 3.63) is 35.9 Å². The van der Waals surface area contributed by atoms with Gasteiger partial charge in [0.05, 0.1) is 12.8 Å². The van der Waals surface area contributed by atoms with Crippen molar-refractivity contribution in [3.63, 3.8) is 0 Å². The Balaban J connectivity index is 1.86. The largest absolute Gasteiger partial charge is 0.343 e. The molecule has 0 saturated carbocycles. The normalized spacial score (nSPS) is 17.9. The molecular formula is C17H22N2O3. The van der Waals surface area contributed by atoms with Crippen molar-refractivity contribution in [3.8, 4) is 0 Å². The van der Waals surface area contributed by atoms with Gasteiger partial charge in [-0.2, -0.15) is 0 Å². The molecule has 1 fully saturated rings. The predicted octanol–water partition coefficient (Wildman–Crippen LogP) is 1.66. The minimum Gasteiger partial charge on any atom is -0.343 e. The molecular weight excluding hydrogens is 280 g/mol. The fourth-order valence-electron chi connectivity index (χ4n) is 2.58. The summed E-state index contributed by atoms with van der Waals surface area (Å²) in [6.07, 6.45) is 3.13. The minimum absolute atomic E-state index is 0.0749. The lowest BCUT2D eigenvalue weighted by Crippen LogP contribution is -2.42. The van der Waals surface area contributed by atoms with Gasteiger partial charge in [-0.3, -0.25) is 19.3 Å². The maximum absolute atomic E-state index is 12.2. The van der Waals surface area contributed by atoms with Gasteiger partial charge in [-0.15, -0.1) is 0 Å². The maximum atomic E-state index is 12.2. The number of hydrogen-bond acceptors (Lipinski definition) is 3. The predicted molar refractivity (Wildman–Crippen MR) is 82.9 cm³/mol. The standard InChI is InChI=1S/C17H22N2O3/c1-2-3-7-10-19-16(21)12-14(17(19)22)18-15(20)11-13-8-5-4-6-9-13/h4-6,8-9,14H,2-3,7,10-12H2,1H3,(H,18,20)/t14-/m0/s1. The van der Waals surface area contributed by atoms with E-state index in [2.05, 4.69) is 12.2 Å². The molecule has 1 aliphatic rings. The van der Waals surface area contributed by atoms with E-state index in [1.807, 2.05) is 30.3 Å². The first-order valence-electron chi connectivity index (χ1n) is 7.79. The molecule has 0 aromatic heterocycles. The van der Waals surface area contributed by atoms with E-state index >= 15 is 0 Å². The van der Waals surface area contributed by atoms with Crippen LogP contribution in [-0.2, 0) is 20.8 Å². The van der Waals surface area contributed by atoms with Crippen LogP contribution in [0.1, 0.15) is 38.2 Å². The second-order valence-corrected chi connectivity index (χ2v) is 5.58. The van der Waals surface area contributed by atoms with Crippen LogP contribution in [0.2, 0.25) is 0 Å². The summed E-state index contributed by atoms with van der Waals surface area (Å²) in [6, 6.07) is 8.63. The molecule has 5 nitrogen and oxygen atoms in total. The van der Waals surface area contributed by atoms with Crippen LogP contribution < -0.4 is 5.32 Å². The second kappa shape index (κ2) is 7.73. The Morgan fingerprint density at radius 1 is 1.23 bits per heavy atom. The van der Waals surface area contributed by atoms with Crippen LogP contribution in [0.25, 0.3) is 0 Å². The molecule has 1 atom stereocenters. The van der Waals surface area contributed by atoms with Crippen LogP contribution in [0.3, 0.4) is 0 Å². The zero-order valence-corrected chi connectivity index (χ0v) is 12.9. The van der Waals surface area contributed by atoms with E-state index in [1.54, 1.807) is 0 Å². The van der Waals surface area contributed by atoms with Crippen molar-refractivity contribution in [1.82, 2.24) is 10.2 Å². The van der Waals surface area contributed by atoms with Crippen LogP contribution in [0.4, 0.5) is 0 Å². The van der Waals surface area contributed by atoms with E-state index < -0.39 is 6.04 Å². The number of imide groups is 1. The Kier molecular flexibility index (Phi) is 5.69. The summed E-state index contributed by atoms with van der Waals surface area (Å²) in [6.45, 7) is 2.52. The highest BCUT2D eigenvalue weighted by Gasteiger charge is 2.38. The lowest BCUT2D eigenvalue weighted by molar-refractivity contribution is -0.139. The molecule has 0 aliphatic carbocycles. The van der Waals surface area contributed by atoms with Crippen LogP contribution in [0, 0.1) is 0 Å². The van der Waals surface area contributed by atoms with Gasteiger partial charge < -0.3 is 5.32 Å². The summed E-state index contributed by atoms with van der Waals surface area (Å²) < 4.78 is 0. The van der Waals surface area contributed by atoms with Crippen molar-refractivity contribution in [1.29, 1.82) is 0 Å². The first kappa shape index (κ1) is 16.2. The molecule has 0 unspecified atom stereocenters. The van der Waals surface area contributed by atoms with Gasteiger partial charge in [0.15, 0.2) is 0 Å². The Morgan fingerprint density at radius 2 is 1.95 bits per heavy atom. The smallest absolute Gasteiger partial charge is 0.252 e. The summed E-state index contributed by atoms with van der Waals surface area (Å²) in [4.78, 5) is 37.3. The zero-order chi connectivity index (χ0) is 15.9. The van der Waals surface area contributed by atoms with Crippen LogP contribution in [-0.4, -0.2) is 35.2 Å². The molecule has 1 N–H and O–H groups in total. The van der Waals surface area contributed by atoms with Crippen molar-refractivity contribution < 1.29 is 14.4 Å². The summed E-state index contributed by atoms with van der Waals surface area (Å²) in [7, 11) is 0. The van der Waals surface area contributed by atoms with Crippen LogP contribution in [0.15, 0.2) is 30.3 Å². The molecule has 1 aromatic rings. The van der Waals surface area contributed by atoms with Crippen molar-refractivity contribution in [2.75, 3.05) is 6.54 Å². The van der Waals surface area contributed by atoms with Gasteiger partial charge in [-0.25, -0.2) is 0 Å². The number of nitrogens with zero attached hydrogens (tertiary/aromatic N) is 1.